The first kappa shape index (κ1) is 26.7. The van der Waals surface area contributed by atoms with Crippen molar-refractivity contribution < 1.29 is 13.6 Å². The van der Waals surface area contributed by atoms with Crippen LogP contribution in [0.5, 0.6) is 0 Å². The monoisotopic (exact) mass is 493 g/mol. The van der Waals surface area contributed by atoms with Gasteiger partial charge in [0, 0.05) is 18.2 Å². The van der Waals surface area contributed by atoms with E-state index in [-0.39, 0.29) is 48.4 Å². The minimum Gasteiger partial charge on any atom is -0.350 e. The van der Waals surface area contributed by atoms with E-state index in [1.165, 1.54) is 24.3 Å². The number of nitrogens with two attached hydrogens (primary N) is 1. The minimum absolute atomic E-state index is 0. The second-order valence-corrected chi connectivity index (χ2v) is 7.97. The average molecular weight is 494 g/mol. The van der Waals surface area contributed by atoms with Gasteiger partial charge in [0.1, 0.15) is 11.6 Å². The van der Waals surface area contributed by atoms with E-state index in [0.717, 1.165) is 35.2 Å². The van der Waals surface area contributed by atoms with Crippen molar-refractivity contribution in [2.45, 2.75) is 12.5 Å². The lowest BCUT2D eigenvalue weighted by Crippen LogP contribution is -2.37. The lowest BCUT2D eigenvalue weighted by Gasteiger charge is -2.14. The zero-order valence-electron chi connectivity index (χ0n) is 17.9. The van der Waals surface area contributed by atoms with Gasteiger partial charge in [-0.25, -0.2) is 8.78 Å². The topological polar surface area (TPSA) is 67.2 Å². The smallest absolute Gasteiger partial charge is 0.251 e. The summed E-state index contributed by atoms with van der Waals surface area (Å²) in [5.41, 5.74) is 9.39. The lowest BCUT2D eigenvalue weighted by molar-refractivity contribution is 0.0950. The Morgan fingerprint density at radius 1 is 0.879 bits per heavy atom. The van der Waals surface area contributed by atoms with Crippen LogP contribution in [0, 0.1) is 17.6 Å². The summed E-state index contributed by atoms with van der Waals surface area (Å²) < 4.78 is 26.8. The van der Waals surface area contributed by atoms with E-state index in [2.05, 4.69) is 10.6 Å². The van der Waals surface area contributed by atoms with Crippen LogP contribution in [0.4, 0.5) is 8.78 Å². The molecule has 1 heterocycles. The Hall–Kier alpha value is -2.51. The molecule has 4 nitrogen and oxygen atoms in total. The molecular formula is C25H27Cl2F2N3O. The molecule has 1 amide bonds. The van der Waals surface area contributed by atoms with E-state index in [9.17, 15) is 13.6 Å². The highest BCUT2D eigenvalue weighted by Crippen LogP contribution is 2.29. The van der Waals surface area contributed by atoms with Gasteiger partial charge in [0.05, 0.1) is 0 Å². The maximum absolute atomic E-state index is 13.4. The molecule has 4 N–H and O–H groups in total. The second kappa shape index (κ2) is 12.1. The number of hydrogen-bond acceptors (Lipinski definition) is 3. The number of halogens is 4. The first-order valence-electron chi connectivity index (χ1n) is 10.4. The Balaban J connectivity index is 0.00000193. The number of amides is 1. The van der Waals surface area contributed by atoms with E-state index in [0.29, 0.717) is 24.6 Å². The summed E-state index contributed by atoms with van der Waals surface area (Å²) in [5.74, 6) is -0.397. The van der Waals surface area contributed by atoms with Gasteiger partial charge in [-0.3, -0.25) is 4.79 Å². The summed E-state index contributed by atoms with van der Waals surface area (Å²) in [5, 5.41) is 6.38. The molecule has 1 fully saturated rings. The van der Waals surface area contributed by atoms with Crippen LogP contribution in [0.3, 0.4) is 0 Å². The number of benzene rings is 3. The summed E-state index contributed by atoms with van der Waals surface area (Å²) in [7, 11) is 0. The highest BCUT2D eigenvalue weighted by atomic mass is 35.5. The van der Waals surface area contributed by atoms with Crippen molar-refractivity contribution in [3.8, 4) is 22.3 Å². The van der Waals surface area contributed by atoms with Gasteiger partial charge in [-0.15, -0.1) is 24.8 Å². The third kappa shape index (κ3) is 6.74. The van der Waals surface area contributed by atoms with Gasteiger partial charge < -0.3 is 16.4 Å². The van der Waals surface area contributed by atoms with E-state index in [1.807, 2.05) is 6.07 Å². The van der Waals surface area contributed by atoms with Crippen LogP contribution < -0.4 is 16.4 Å². The van der Waals surface area contributed by atoms with E-state index in [4.69, 9.17) is 5.73 Å². The third-order valence-electron chi connectivity index (χ3n) is 5.71. The van der Waals surface area contributed by atoms with Gasteiger partial charge in [0.25, 0.3) is 5.91 Å². The first-order valence-corrected chi connectivity index (χ1v) is 10.4. The minimum atomic E-state index is -0.323. The van der Waals surface area contributed by atoms with Crippen LogP contribution in [-0.2, 0) is 0 Å². The quantitative estimate of drug-likeness (QED) is 0.461. The molecule has 0 radical (unpaired) electrons. The van der Waals surface area contributed by atoms with E-state index < -0.39 is 0 Å². The number of carbonyl (C=O) groups is 1. The lowest BCUT2D eigenvalue weighted by atomic mass is 9.95. The van der Waals surface area contributed by atoms with Gasteiger partial charge >= 0.3 is 0 Å². The predicted octanol–water partition coefficient (Wildman–Crippen LogP) is 4.81. The largest absolute Gasteiger partial charge is 0.350 e. The summed E-state index contributed by atoms with van der Waals surface area (Å²) >= 11 is 0. The second-order valence-electron chi connectivity index (χ2n) is 7.97. The fourth-order valence-electron chi connectivity index (χ4n) is 3.93. The molecule has 176 valence electrons. The Bertz CT molecular complexity index is 999. The van der Waals surface area contributed by atoms with Gasteiger partial charge in [0.15, 0.2) is 0 Å². The number of hydrogen-bond donors (Lipinski definition) is 3. The van der Waals surface area contributed by atoms with Crippen LogP contribution in [0.1, 0.15) is 16.8 Å². The highest BCUT2D eigenvalue weighted by molar-refractivity contribution is 5.97. The number of rotatable bonds is 6. The number of nitrogens with one attached hydrogen (secondary N) is 2. The number of carbonyl (C=O) groups excluding carboxylic acids is 1. The molecule has 8 heteroatoms. The summed E-state index contributed by atoms with van der Waals surface area (Å²) in [6.07, 6.45) is 0.938. The van der Waals surface area contributed by atoms with E-state index >= 15 is 0 Å². The average Bonchev–Trinajstić information content (AvgIpc) is 3.26. The molecule has 0 aromatic heterocycles. The zero-order chi connectivity index (χ0) is 21.8. The maximum atomic E-state index is 13.4. The van der Waals surface area contributed by atoms with Crippen molar-refractivity contribution in [2.24, 2.45) is 11.7 Å². The van der Waals surface area contributed by atoms with Crippen LogP contribution >= 0.6 is 24.8 Å². The molecule has 33 heavy (non-hydrogen) atoms. The molecule has 0 spiro atoms. The van der Waals surface area contributed by atoms with Gasteiger partial charge in [-0.2, -0.15) is 0 Å². The normalized spacial score (nSPS) is 17.1. The molecule has 3 aromatic carbocycles. The van der Waals surface area contributed by atoms with Crippen LogP contribution in [-0.4, -0.2) is 31.6 Å². The maximum Gasteiger partial charge on any atom is 0.251 e. The van der Waals surface area contributed by atoms with Crippen molar-refractivity contribution in [1.82, 2.24) is 10.6 Å². The van der Waals surface area contributed by atoms with Crippen LogP contribution in [0.15, 0.2) is 66.7 Å². The standard InChI is InChI=1S/C25H25F2N3O.2ClH/c26-22-5-1-17(2-6-22)19-10-20(18-3-7-23(27)8-4-18)12-21(11-19)25(31)30-15-24-9-16(13-28)14-29-24;;/h1-8,10-12,16,24,29H,9,13-15,28H2,(H,30,31);2*1H/t16-,24+;;/m1../s1. The van der Waals surface area contributed by atoms with Crippen LogP contribution in [0.2, 0.25) is 0 Å². The molecule has 0 saturated carbocycles. The summed E-state index contributed by atoms with van der Waals surface area (Å²) in [4.78, 5) is 12.9. The van der Waals surface area contributed by atoms with Crippen molar-refractivity contribution in [2.75, 3.05) is 19.6 Å². The molecule has 1 saturated heterocycles. The molecule has 1 aliphatic rings. The molecule has 3 aromatic rings. The highest BCUT2D eigenvalue weighted by Gasteiger charge is 2.23. The third-order valence-corrected chi connectivity index (χ3v) is 5.71. The molecule has 2 atom stereocenters. The Morgan fingerprint density at radius 2 is 1.39 bits per heavy atom. The van der Waals surface area contributed by atoms with Gasteiger partial charge in [0.2, 0.25) is 0 Å². The predicted molar refractivity (Wildman–Crippen MR) is 133 cm³/mol. The van der Waals surface area contributed by atoms with Crippen molar-refractivity contribution in [3.63, 3.8) is 0 Å². The van der Waals surface area contributed by atoms with E-state index in [1.54, 1.807) is 36.4 Å². The molecule has 0 bridgehead atoms. The molecule has 1 aliphatic heterocycles. The molecule has 0 unspecified atom stereocenters. The summed E-state index contributed by atoms with van der Waals surface area (Å²) in [6.45, 7) is 2.02. The van der Waals surface area contributed by atoms with Crippen molar-refractivity contribution in [3.05, 3.63) is 83.9 Å². The molecular weight excluding hydrogens is 467 g/mol. The fourth-order valence-corrected chi connectivity index (χ4v) is 3.93. The summed E-state index contributed by atoms with van der Waals surface area (Å²) in [6, 6.07) is 18.0. The Morgan fingerprint density at radius 3 is 1.85 bits per heavy atom. The SMILES string of the molecule is Cl.Cl.NC[C@@H]1CN[C@H](CNC(=O)c2cc(-c3ccc(F)cc3)cc(-c3ccc(F)cc3)c2)C1. The van der Waals surface area contributed by atoms with Crippen molar-refractivity contribution >= 4 is 30.7 Å². The Kier molecular flexibility index (Phi) is 9.80. The zero-order valence-corrected chi connectivity index (χ0v) is 19.5. The van der Waals surface area contributed by atoms with Crippen molar-refractivity contribution in [1.29, 1.82) is 0 Å². The van der Waals surface area contributed by atoms with Gasteiger partial charge in [-0.05, 0) is 90.1 Å². The fraction of sp³-hybridized carbons (Fsp3) is 0.240. The van der Waals surface area contributed by atoms with Gasteiger partial charge in [-0.1, -0.05) is 24.3 Å². The molecule has 4 rings (SSSR count). The first-order chi connectivity index (χ1) is 15.0. The molecule has 0 aliphatic carbocycles. The van der Waals surface area contributed by atoms with Crippen LogP contribution in [0.25, 0.3) is 22.3 Å². The Labute approximate surface area is 204 Å².